The van der Waals surface area contributed by atoms with E-state index in [0.717, 1.165) is 4.47 Å². The fraction of sp³-hybridized carbons (Fsp3) is 0.125. The lowest BCUT2D eigenvalue weighted by Gasteiger charge is -2.08. The van der Waals surface area contributed by atoms with Gasteiger partial charge < -0.3 is 5.32 Å². The summed E-state index contributed by atoms with van der Waals surface area (Å²) in [6, 6.07) is 7.41. The van der Waals surface area contributed by atoms with E-state index < -0.39 is 10.0 Å². The van der Waals surface area contributed by atoms with E-state index in [4.69, 9.17) is 0 Å². The van der Waals surface area contributed by atoms with Crippen LogP contribution in [0.15, 0.2) is 64.5 Å². The first-order valence-corrected chi connectivity index (χ1v) is 10.1. The molecule has 9 nitrogen and oxygen atoms in total. The van der Waals surface area contributed by atoms with Crippen LogP contribution >= 0.6 is 15.9 Å². The van der Waals surface area contributed by atoms with Gasteiger partial charge in [0.05, 0.1) is 15.6 Å². The van der Waals surface area contributed by atoms with Crippen LogP contribution < -0.4 is 10.0 Å². The molecule has 0 unspecified atom stereocenters. The molecule has 0 saturated carbocycles. The van der Waals surface area contributed by atoms with E-state index >= 15 is 0 Å². The van der Waals surface area contributed by atoms with Crippen molar-refractivity contribution in [3.63, 3.8) is 0 Å². The van der Waals surface area contributed by atoms with Crippen molar-refractivity contribution in [2.45, 2.75) is 17.9 Å². The van der Waals surface area contributed by atoms with Crippen LogP contribution in [0, 0.1) is 0 Å². The smallest absolute Gasteiger partial charge is 0.264 e. The molecule has 0 fully saturated rings. The van der Waals surface area contributed by atoms with Crippen LogP contribution in [0.3, 0.4) is 0 Å². The SMILES string of the molecule is O=C(CCn1cc(Br)cn1)Nc1ccc(S(=O)(=O)Nc2ncccn2)cc1. The molecular weight excluding hydrogens is 436 g/mol. The van der Waals surface area contributed by atoms with Crippen molar-refractivity contribution < 1.29 is 13.2 Å². The summed E-state index contributed by atoms with van der Waals surface area (Å²) in [7, 11) is -3.81. The van der Waals surface area contributed by atoms with E-state index in [9.17, 15) is 13.2 Å². The molecule has 0 aliphatic rings. The molecular formula is C16H15BrN6O3S. The first-order valence-electron chi connectivity index (χ1n) is 7.80. The monoisotopic (exact) mass is 450 g/mol. The summed E-state index contributed by atoms with van der Waals surface area (Å²) < 4.78 is 29.4. The lowest BCUT2D eigenvalue weighted by atomic mass is 10.3. The van der Waals surface area contributed by atoms with Crippen LogP contribution in [0.4, 0.5) is 11.6 Å². The van der Waals surface area contributed by atoms with Crippen molar-refractivity contribution >= 4 is 43.5 Å². The van der Waals surface area contributed by atoms with Crippen molar-refractivity contribution in [1.29, 1.82) is 0 Å². The second-order valence-electron chi connectivity index (χ2n) is 5.42. The number of hydrogen-bond donors (Lipinski definition) is 2. The maximum atomic E-state index is 12.3. The molecule has 140 valence electrons. The molecule has 0 atom stereocenters. The van der Waals surface area contributed by atoms with Gasteiger partial charge in [-0.25, -0.2) is 23.1 Å². The molecule has 0 aliphatic carbocycles. The van der Waals surface area contributed by atoms with Gasteiger partial charge in [0.2, 0.25) is 11.9 Å². The number of nitrogens with zero attached hydrogens (tertiary/aromatic N) is 4. The Bertz CT molecular complexity index is 1020. The van der Waals surface area contributed by atoms with Gasteiger partial charge >= 0.3 is 0 Å². The molecule has 0 spiro atoms. The molecule has 1 amide bonds. The number of hydrogen-bond acceptors (Lipinski definition) is 6. The number of nitrogens with one attached hydrogen (secondary N) is 2. The molecule has 0 radical (unpaired) electrons. The maximum Gasteiger partial charge on any atom is 0.264 e. The molecule has 1 aromatic carbocycles. The predicted molar refractivity (Wildman–Crippen MR) is 102 cm³/mol. The van der Waals surface area contributed by atoms with Crippen LogP contribution in [0.2, 0.25) is 0 Å². The van der Waals surface area contributed by atoms with Gasteiger partial charge in [-0.2, -0.15) is 5.10 Å². The molecule has 0 saturated heterocycles. The maximum absolute atomic E-state index is 12.3. The Morgan fingerprint density at radius 1 is 1.15 bits per heavy atom. The molecule has 2 aromatic heterocycles. The van der Waals surface area contributed by atoms with Crippen molar-refractivity contribution in [1.82, 2.24) is 19.7 Å². The number of anilines is 2. The Balaban J connectivity index is 1.58. The average molecular weight is 451 g/mol. The van der Waals surface area contributed by atoms with Crippen LogP contribution in [-0.2, 0) is 21.4 Å². The Labute approximate surface area is 164 Å². The molecule has 0 bridgehead atoms. The van der Waals surface area contributed by atoms with Crippen LogP contribution in [0.1, 0.15) is 6.42 Å². The topological polar surface area (TPSA) is 119 Å². The summed E-state index contributed by atoms with van der Waals surface area (Å²) in [5.41, 5.74) is 0.497. The third-order valence-corrected chi connectivity index (χ3v) is 5.16. The third-order valence-electron chi connectivity index (χ3n) is 3.41. The van der Waals surface area contributed by atoms with Crippen LogP contribution in [0.5, 0.6) is 0 Å². The van der Waals surface area contributed by atoms with Crippen LogP contribution in [-0.4, -0.2) is 34.1 Å². The number of halogens is 1. The van der Waals surface area contributed by atoms with Crippen molar-refractivity contribution in [3.8, 4) is 0 Å². The zero-order valence-corrected chi connectivity index (χ0v) is 16.3. The highest BCUT2D eigenvalue weighted by Gasteiger charge is 2.15. The number of aryl methyl sites for hydroxylation is 1. The summed E-state index contributed by atoms with van der Waals surface area (Å²) >= 11 is 3.29. The first kappa shape index (κ1) is 19.0. The average Bonchev–Trinajstić information content (AvgIpc) is 3.06. The third kappa shape index (κ3) is 5.34. The predicted octanol–water partition coefficient (Wildman–Crippen LogP) is 2.27. The van der Waals surface area contributed by atoms with E-state index in [2.05, 4.69) is 41.0 Å². The van der Waals surface area contributed by atoms with Gasteiger partial charge in [0.25, 0.3) is 10.0 Å². The number of aromatic nitrogens is 4. The lowest BCUT2D eigenvalue weighted by molar-refractivity contribution is -0.116. The van der Waals surface area contributed by atoms with E-state index in [1.54, 1.807) is 23.1 Å². The molecule has 0 aliphatic heterocycles. The Morgan fingerprint density at radius 3 is 2.48 bits per heavy atom. The highest BCUT2D eigenvalue weighted by molar-refractivity contribution is 9.10. The van der Waals surface area contributed by atoms with Gasteiger partial charge in [0, 0.05) is 37.2 Å². The molecule has 3 rings (SSSR count). The van der Waals surface area contributed by atoms with Crippen molar-refractivity contribution in [2.75, 3.05) is 10.0 Å². The fourth-order valence-electron chi connectivity index (χ4n) is 2.15. The Morgan fingerprint density at radius 2 is 1.85 bits per heavy atom. The molecule has 27 heavy (non-hydrogen) atoms. The largest absolute Gasteiger partial charge is 0.326 e. The standard InChI is InChI=1S/C16H15BrN6O3S/c17-12-10-20-23(11-12)9-6-15(24)21-13-2-4-14(5-3-13)27(25,26)22-16-18-7-1-8-19-16/h1-5,7-8,10-11H,6,9H2,(H,21,24)(H,18,19,22). The number of amides is 1. The zero-order valence-electron chi connectivity index (χ0n) is 13.9. The zero-order chi connectivity index (χ0) is 19.3. The highest BCUT2D eigenvalue weighted by Crippen LogP contribution is 2.16. The molecule has 3 aromatic rings. The van der Waals surface area contributed by atoms with Gasteiger partial charge in [-0.3, -0.25) is 9.48 Å². The molecule has 2 N–H and O–H groups in total. The van der Waals surface area contributed by atoms with E-state index in [1.165, 1.54) is 36.7 Å². The fourth-order valence-corrected chi connectivity index (χ4v) is 3.43. The van der Waals surface area contributed by atoms with E-state index in [1.807, 2.05) is 0 Å². The van der Waals surface area contributed by atoms with E-state index in [-0.39, 0.29) is 23.2 Å². The summed E-state index contributed by atoms with van der Waals surface area (Å²) in [6.45, 7) is 0.435. The Hall–Kier alpha value is -2.79. The highest BCUT2D eigenvalue weighted by atomic mass is 79.9. The van der Waals surface area contributed by atoms with Gasteiger partial charge in [-0.05, 0) is 46.3 Å². The minimum absolute atomic E-state index is 0.0138. The number of rotatable bonds is 7. The summed E-state index contributed by atoms with van der Waals surface area (Å²) in [5, 5.41) is 6.79. The first-order chi connectivity index (χ1) is 12.9. The number of carbonyl (C=O) groups is 1. The summed E-state index contributed by atoms with van der Waals surface area (Å²) in [4.78, 5) is 19.7. The number of carbonyl (C=O) groups excluding carboxylic acids is 1. The molecule has 2 heterocycles. The summed E-state index contributed by atoms with van der Waals surface area (Å²) in [6.07, 6.45) is 6.53. The second kappa shape index (κ2) is 8.27. The summed E-state index contributed by atoms with van der Waals surface area (Å²) in [5.74, 6) is -0.215. The van der Waals surface area contributed by atoms with E-state index in [0.29, 0.717) is 12.2 Å². The van der Waals surface area contributed by atoms with Gasteiger partial charge in [-0.1, -0.05) is 0 Å². The van der Waals surface area contributed by atoms with Crippen molar-refractivity contribution in [2.24, 2.45) is 0 Å². The lowest BCUT2D eigenvalue weighted by Crippen LogP contribution is -2.16. The quantitative estimate of drug-likeness (QED) is 0.569. The van der Waals surface area contributed by atoms with Crippen LogP contribution in [0.25, 0.3) is 0 Å². The second-order valence-corrected chi connectivity index (χ2v) is 8.02. The normalized spacial score (nSPS) is 11.1. The van der Waals surface area contributed by atoms with Gasteiger partial charge in [0.1, 0.15) is 0 Å². The minimum Gasteiger partial charge on any atom is -0.326 e. The number of sulfonamides is 1. The Kier molecular flexibility index (Phi) is 5.81. The number of benzene rings is 1. The minimum atomic E-state index is -3.81. The van der Waals surface area contributed by atoms with Gasteiger partial charge in [0.15, 0.2) is 0 Å². The van der Waals surface area contributed by atoms with Gasteiger partial charge in [-0.15, -0.1) is 0 Å². The van der Waals surface area contributed by atoms with Crippen molar-refractivity contribution in [3.05, 3.63) is 59.6 Å². The molecule has 11 heteroatoms.